The van der Waals surface area contributed by atoms with Gasteiger partial charge in [0.15, 0.2) is 0 Å². The van der Waals surface area contributed by atoms with Crippen LogP contribution in [0.2, 0.25) is 0 Å². The summed E-state index contributed by atoms with van der Waals surface area (Å²) in [4.78, 5) is 0. The Labute approximate surface area is 92.4 Å². The summed E-state index contributed by atoms with van der Waals surface area (Å²) in [5.74, 6) is 0. The first-order valence-corrected chi connectivity index (χ1v) is 5.28. The van der Waals surface area contributed by atoms with Crippen LogP contribution in [0.1, 0.15) is 29.2 Å². The molecule has 1 aromatic rings. The van der Waals surface area contributed by atoms with Crippen LogP contribution < -0.4 is 10.9 Å². The Balaban J connectivity index is 3.04. The van der Waals surface area contributed by atoms with E-state index in [4.69, 9.17) is 0 Å². The number of aryl methyl sites for hydroxylation is 2. The molecule has 0 fully saturated rings. The Morgan fingerprint density at radius 2 is 1.53 bits per heavy atom. The van der Waals surface area contributed by atoms with Crippen molar-refractivity contribution in [3.05, 3.63) is 40.6 Å². The quantitative estimate of drug-likeness (QED) is 0.738. The van der Waals surface area contributed by atoms with Crippen molar-refractivity contribution >= 4 is 5.69 Å². The average molecular weight is 204 g/mol. The van der Waals surface area contributed by atoms with Gasteiger partial charge in [-0.1, -0.05) is 12.1 Å². The molecule has 0 saturated carbocycles. The maximum atomic E-state index is 3.23. The molecule has 1 rings (SSSR count). The van der Waals surface area contributed by atoms with Crippen molar-refractivity contribution in [2.75, 3.05) is 5.43 Å². The standard InChI is InChI=1S/C13H20N2/c1-6-7-14-15-13-11(4)9(2)8-10(3)12(13)5/h6-8,14-15H,1-5H3. The Hall–Kier alpha value is -1.44. The maximum Gasteiger partial charge on any atom is 0.0603 e. The number of hydrazine groups is 1. The average Bonchev–Trinajstić information content (AvgIpc) is 2.20. The molecule has 2 heteroatoms. The fraction of sp³-hybridized carbons (Fsp3) is 0.385. The molecule has 0 aliphatic heterocycles. The van der Waals surface area contributed by atoms with Gasteiger partial charge < -0.3 is 10.9 Å². The lowest BCUT2D eigenvalue weighted by molar-refractivity contribution is 1.03. The predicted octanol–water partition coefficient (Wildman–Crippen LogP) is 3.37. The van der Waals surface area contributed by atoms with Crippen molar-refractivity contribution < 1.29 is 0 Å². The first-order chi connectivity index (χ1) is 7.07. The third-order valence-electron chi connectivity index (χ3n) is 2.81. The number of anilines is 1. The van der Waals surface area contributed by atoms with Crippen LogP contribution in [0.15, 0.2) is 18.3 Å². The van der Waals surface area contributed by atoms with E-state index in [9.17, 15) is 0 Å². The lowest BCUT2D eigenvalue weighted by Gasteiger charge is -2.16. The summed E-state index contributed by atoms with van der Waals surface area (Å²) < 4.78 is 0. The van der Waals surface area contributed by atoms with Crippen molar-refractivity contribution in [1.29, 1.82) is 0 Å². The van der Waals surface area contributed by atoms with Crippen molar-refractivity contribution in [3.63, 3.8) is 0 Å². The highest BCUT2D eigenvalue weighted by atomic mass is 15.3. The highest BCUT2D eigenvalue weighted by Gasteiger charge is 2.06. The van der Waals surface area contributed by atoms with Crippen molar-refractivity contribution in [2.45, 2.75) is 34.6 Å². The van der Waals surface area contributed by atoms with Crippen LogP contribution in [0.5, 0.6) is 0 Å². The van der Waals surface area contributed by atoms with Gasteiger partial charge in [-0.3, -0.25) is 0 Å². The molecule has 15 heavy (non-hydrogen) atoms. The number of benzene rings is 1. The minimum Gasteiger partial charge on any atom is -0.309 e. The summed E-state index contributed by atoms with van der Waals surface area (Å²) in [6.45, 7) is 10.5. The molecule has 0 unspecified atom stereocenters. The van der Waals surface area contributed by atoms with E-state index < -0.39 is 0 Å². The van der Waals surface area contributed by atoms with Crippen LogP contribution in [-0.4, -0.2) is 0 Å². The van der Waals surface area contributed by atoms with E-state index in [1.54, 1.807) is 0 Å². The number of rotatable bonds is 3. The summed E-state index contributed by atoms with van der Waals surface area (Å²) in [5.41, 5.74) is 12.7. The van der Waals surface area contributed by atoms with E-state index in [1.807, 2.05) is 19.2 Å². The molecule has 0 heterocycles. The summed E-state index contributed by atoms with van der Waals surface area (Å²) in [6, 6.07) is 2.23. The SMILES string of the molecule is CC=CNNc1c(C)c(C)cc(C)c1C. The summed E-state index contributed by atoms with van der Waals surface area (Å²) in [7, 11) is 0. The summed E-state index contributed by atoms with van der Waals surface area (Å²) in [5, 5.41) is 0. The van der Waals surface area contributed by atoms with E-state index in [0.717, 1.165) is 0 Å². The van der Waals surface area contributed by atoms with Crippen molar-refractivity contribution in [3.8, 4) is 0 Å². The van der Waals surface area contributed by atoms with Crippen LogP contribution in [-0.2, 0) is 0 Å². The number of hydrogen-bond donors (Lipinski definition) is 2. The Kier molecular flexibility index (Phi) is 3.78. The number of allylic oxidation sites excluding steroid dienone is 1. The Bertz CT molecular complexity index is 352. The molecule has 2 nitrogen and oxygen atoms in total. The van der Waals surface area contributed by atoms with Gasteiger partial charge in [0.2, 0.25) is 0 Å². The Morgan fingerprint density at radius 3 is 2.00 bits per heavy atom. The smallest absolute Gasteiger partial charge is 0.0603 e. The fourth-order valence-electron chi connectivity index (χ4n) is 1.60. The molecule has 82 valence electrons. The first-order valence-electron chi connectivity index (χ1n) is 5.28. The lowest BCUT2D eigenvalue weighted by Crippen LogP contribution is -2.16. The van der Waals surface area contributed by atoms with Gasteiger partial charge >= 0.3 is 0 Å². The molecule has 0 atom stereocenters. The molecular weight excluding hydrogens is 184 g/mol. The largest absolute Gasteiger partial charge is 0.309 e. The highest BCUT2D eigenvalue weighted by molar-refractivity contribution is 5.61. The second kappa shape index (κ2) is 4.87. The molecule has 0 amide bonds. The van der Waals surface area contributed by atoms with Gasteiger partial charge in [-0.05, 0) is 56.9 Å². The molecule has 0 bridgehead atoms. The first kappa shape index (κ1) is 11.6. The molecule has 0 saturated heterocycles. The monoisotopic (exact) mass is 204 g/mol. The lowest BCUT2D eigenvalue weighted by atomic mass is 9.99. The van der Waals surface area contributed by atoms with Gasteiger partial charge in [-0.15, -0.1) is 0 Å². The topological polar surface area (TPSA) is 24.1 Å². The predicted molar refractivity (Wildman–Crippen MR) is 67.0 cm³/mol. The minimum atomic E-state index is 1.19. The maximum absolute atomic E-state index is 3.23. The zero-order valence-electron chi connectivity index (χ0n) is 10.2. The van der Waals surface area contributed by atoms with Crippen LogP contribution >= 0.6 is 0 Å². The molecule has 2 N–H and O–H groups in total. The highest BCUT2D eigenvalue weighted by Crippen LogP contribution is 2.25. The Morgan fingerprint density at radius 1 is 1.00 bits per heavy atom. The molecule has 0 aliphatic rings. The van der Waals surface area contributed by atoms with Crippen molar-refractivity contribution in [1.82, 2.24) is 5.43 Å². The third kappa shape index (κ3) is 2.52. The second-order valence-electron chi connectivity index (χ2n) is 3.90. The van der Waals surface area contributed by atoms with Gasteiger partial charge in [0.1, 0.15) is 0 Å². The van der Waals surface area contributed by atoms with E-state index in [2.05, 4.69) is 44.6 Å². The molecule has 0 aromatic heterocycles. The van der Waals surface area contributed by atoms with E-state index >= 15 is 0 Å². The summed E-state index contributed by atoms with van der Waals surface area (Å²) in [6.07, 6.45) is 3.84. The zero-order valence-corrected chi connectivity index (χ0v) is 10.2. The van der Waals surface area contributed by atoms with Gasteiger partial charge in [-0.2, -0.15) is 0 Å². The van der Waals surface area contributed by atoms with E-state index in [-0.39, 0.29) is 0 Å². The van der Waals surface area contributed by atoms with Crippen molar-refractivity contribution in [2.24, 2.45) is 0 Å². The number of hydrogen-bond acceptors (Lipinski definition) is 2. The van der Waals surface area contributed by atoms with Gasteiger partial charge in [0, 0.05) is 6.20 Å². The van der Waals surface area contributed by atoms with Crippen LogP contribution in [0.3, 0.4) is 0 Å². The fourth-order valence-corrected chi connectivity index (χ4v) is 1.60. The minimum absolute atomic E-state index is 1.19. The summed E-state index contributed by atoms with van der Waals surface area (Å²) >= 11 is 0. The normalized spacial score (nSPS) is 10.7. The molecule has 0 spiro atoms. The van der Waals surface area contributed by atoms with Crippen LogP contribution in [0.4, 0.5) is 5.69 Å². The molecule has 1 aromatic carbocycles. The third-order valence-corrected chi connectivity index (χ3v) is 2.81. The van der Waals surface area contributed by atoms with E-state index in [0.29, 0.717) is 0 Å². The molecule has 0 aliphatic carbocycles. The second-order valence-corrected chi connectivity index (χ2v) is 3.90. The van der Waals surface area contributed by atoms with Crippen LogP contribution in [0, 0.1) is 27.7 Å². The van der Waals surface area contributed by atoms with Gasteiger partial charge in [0.05, 0.1) is 5.69 Å². The number of nitrogens with one attached hydrogen (secondary N) is 2. The van der Waals surface area contributed by atoms with Crippen LogP contribution in [0.25, 0.3) is 0 Å². The van der Waals surface area contributed by atoms with Gasteiger partial charge in [0.25, 0.3) is 0 Å². The zero-order chi connectivity index (χ0) is 11.4. The molecular formula is C13H20N2. The molecule has 0 radical (unpaired) electrons. The van der Waals surface area contributed by atoms with E-state index in [1.165, 1.54) is 27.9 Å². The van der Waals surface area contributed by atoms with Gasteiger partial charge in [-0.25, -0.2) is 0 Å².